The molecule has 0 spiro atoms. The lowest BCUT2D eigenvalue weighted by Crippen LogP contribution is -2.26. The van der Waals surface area contributed by atoms with E-state index in [-0.39, 0.29) is 34.4 Å². The molecule has 45 heavy (non-hydrogen) atoms. The minimum atomic E-state index is -0.688. The van der Waals surface area contributed by atoms with Gasteiger partial charge in [0.1, 0.15) is 28.0 Å². The van der Waals surface area contributed by atoms with E-state index in [4.69, 9.17) is 43.8 Å². The second kappa shape index (κ2) is 12.0. The minimum Gasteiger partial charge on any atom is -0.497 e. The number of nitriles is 1. The van der Waals surface area contributed by atoms with Crippen LogP contribution in [0.25, 0.3) is 16.1 Å². The van der Waals surface area contributed by atoms with E-state index in [1.807, 2.05) is 42.5 Å². The van der Waals surface area contributed by atoms with Crippen LogP contribution in [0, 0.1) is 15.3 Å². The molecule has 0 fully saturated rings. The van der Waals surface area contributed by atoms with Crippen molar-refractivity contribution >= 4 is 57.5 Å². The highest BCUT2D eigenvalue weighted by Crippen LogP contribution is 2.55. The summed E-state index contributed by atoms with van der Waals surface area (Å²) >= 11 is 15.8. The van der Waals surface area contributed by atoms with Crippen molar-refractivity contribution in [3.63, 3.8) is 0 Å². The summed E-state index contributed by atoms with van der Waals surface area (Å²) in [6.45, 7) is 6.28. The molecule has 2 aromatic carbocycles. The van der Waals surface area contributed by atoms with Crippen molar-refractivity contribution in [3.8, 4) is 27.9 Å². The molecule has 0 amide bonds. The average molecular weight is 677 g/mol. The molecule has 0 saturated carbocycles. The van der Waals surface area contributed by atoms with Gasteiger partial charge in [-0.1, -0.05) is 55.8 Å². The number of nitrogens with zero attached hydrogens (tertiary/aromatic N) is 2. The third-order valence-corrected chi connectivity index (χ3v) is 11.1. The molecule has 1 unspecified atom stereocenters. The number of esters is 1. The van der Waals surface area contributed by atoms with Gasteiger partial charge < -0.3 is 25.3 Å². The zero-order chi connectivity index (χ0) is 32.0. The van der Waals surface area contributed by atoms with Gasteiger partial charge in [0.05, 0.1) is 29.5 Å². The number of nitrogens with two attached hydrogens (primary N) is 1. The number of nitrogens with one attached hydrogen (secondary N) is 1. The van der Waals surface area contributed by atoms with Crippen molar-refractivity contribution in [2.75, 3.05) is 19.0 Å². The van der Waals surface area contributed by atoms with Crippen LogP contribution in [-0.2, 0) is 21.3 Å². The van der Waals surface area contributed by atoms with Crippen LogP contribution in [-0.4, -0.2) is 24.3 Å². The van der Waals surface area contributed by atoms with Gasteiger partial charge in [0.2, 0.25) is 11.8 Å². The first-order valence-corrected chi connectivity index (χ1v) is 16.5. The Morgan fingerprint density at radius 1 is 1.22 bits per heavy atom. The van der Waals surface area contributed by atoms with Crippen LogP contribution in [0.1, 0.15) is 53.2 Å². The number of carbonyl (C=O) groups excluding carboxylic acids is 1. The van der Waals surface area contributed by atoms with Crippen molar-refractivity contribution in [1.82, 2.24) is 4.57 Å². The zero-order valence-corrected chi connectivity index (χ0v) is 28.1. The van der Waals surface area contributed by atoms with Gasteiger partial charge in [-0.25, -0.2) is 4.79 Å². The van der Waals surface area contributed by atoms with Gasteiger partial charge in [-0.05, 0) is 55.4 Å². The maximum atomic E-state index is 13.8. The standard InChI is InChI=1S/C33H29ClN4O4S3/c1-5-41-31(39)24-23-26-21(38(32(43)44-26)18-9-7-6-8-10-18)15-33(2,3)27(23)45-30(24)37-29-25(34)22(20(16-35)28(36)42-29)17-11-13-19(40-4)14-12-17/h6-14,22,37H,5,15,36H2,1-4H3. The van der Waals surface area contributed by atoms with Crippen molar-refractivity contribution in [1.29, 1.82) is 5.26 Å². The molecular formula is C33H29ClN4O4S3. The monoisotopic (exact) mass is 676 g/mol. The Balaban J connectivity index is 1.52. The number of aromatic nitrogens is 1. The summed E-state index contributed by atoms with van der Waals surface area (Å²) in [5.41, 5.74) is 10.0. The molecule has 1 atom stereocenters. The molecule has 3 N–H and O–H groups in total. The van der Waals surface area contributed by atoms with Gasteiger partial charge in [-0.2, -0.15) is 5.26 Å². The number of hydrogen-bond donors (Lipinski definition) is 2. The number of fused-ring (bicyclic) bond motifs is 3. The Bertz CT molecular complexity index is 1980. The van der Waals surface area contributed by atoms with E-state index in [0.29, 0.717) is 26.7 Å². The highest BCUT2D eigenvalue weighted by atomic mass is 35.5. The Hall–Kier alpha value is -4.08. The van der Waals surface area contributed by atoms with Gasteiger partial charge >= 0.3 is 5.97 Å². The van der Waals surface area contributed by atoms with Crippen molar-refractivity contribution in [2.24, 2.45) is 5.73 Å². The molecule has 2 aliphatic rings. The lowest BCUT2D eigenvalue weighted by Gasteiger charge is -2.30. The topological polar surface area (TPSA) is 112 Å². The predicted octanol–water partition coefficient (Wildman–Crippen LogP) is 8.34. The van der Waals surface area contributed by atoms with E-state index in [1.54, 1.807) is 26.2 Å². The molecule has 8 nitrogen and oxygen atoms in total. The second-order valence-corrected chi connectivity index (χ2v) is 14.2. The van der Waals surface area contributed by atoms with Gasteiger partial charge in [-0.3, -0.25) is 4.57 Å². The van der Waals surface area contributed by atoms with Crippen LogP contribution >= 0.6 is 46.5 Å². The lowest BCUT2D eigenvalue weighted by molar-refractivity contribution is 0.0529. The molecule has 1 aliphatic heterocycles. The van der Waals surface area contributed by atoms with E-state index in [9.17, 15) is 10.1 Å². The number of hydrogen-bond acceptors (Lipinski definition) is 10. The van der Waals surface area contributed by atoms with E-state index in [1.165, 1.54) is 22.7 Å². The van der Waals surface area contributed by atoms with Crippen LogP contribution in [0.3, 0.4) is 0 Å². The molecule has 0 radical (unpaired) electrons. The van der Waals surface area contributed by atoms with Gasteiger partial charge in [0.15, 0.2) is 3.95 Å². The molecule has 12 heteroatoms. The van der Waals surface area contributed by atoms with Crippen LogP contribution in [0.5, 0.6) is 5.75 Å². The molecule has 4 aromatic rings. The molecule has 0 saturated heterocycles. The number of ether oxygens (including phenoxy) is 3. The van der Waals surface area contributed by atoms with E-state index < -0.39 is 11.9 Å². The fourth-order valence-electron chi connectivity index (χ4n) is 5.74. The lowest BCUT2D eigenvalue weighted by atomic mass is 9.78. The minimum absolute atomic E-state index is 0.0789. The number of halogens is 1. The zero-order valence-electron chi connectivity index (χ0n) is 24.9. The summed E-state index contributed by atoms with van der Waals surface area (Å²) in [5.74, 6) is -0.454. The summed E-state index contributed by atoms with van der Waals surface area (Å²) < 4.78 is 19.6. The van der Waals surface area contributed by atoms with Gasteiger partial charge in [-0.15, -0.1) is 22.7 Å². The van der Waals surface area contributed by atoms with Crippen molar-refractivity contribution in [3.05, 3.63) is 103 Å². The smallest absolute Gasteiger partial charge is 0.341 e. The first-order valence-electron chi connectivity index (χ1n) is 14.1. The quantitative estimate of drug-likeness (QED) is 0.148. The van der Waals surface area contributed by atoms with Gasteiger partial charge in [0, 0.05) is 27.2 Å². The van der Waals surface area contributed by atoms with Crippen LogP contribution in [0.4, 0.5) is 5.00 Å². The summed E-state index contributed by atoms with van der Waals surface area (Å²) in [5, 5.41) is 14.0. The van der Waals surface area contributed by atoms with Crippen LogP contribution in [0.15, 0.2) is 77.0 Å². The number of carbonyl (C=O) groups is 1. The highest BCUT2D eigenvalue weighted by molar-refractivity contribution is 7.73. The van der Waals surface area contributed by atoms with Crippen LogP contribution < -0.4 is 15.8 Å². The molecule has 230 valence electrons. The molecule has 6 rings (SSSR count). The number of thiazole rings is 1. The third kappa shape index (κ3) is 5.32. The Labute approximate surface area is 278 Å². The van der Waals surface area contributed by atoms with Crippen molar-refractivity contribution < 1.29 is 19.0 Å². The molecular weight excluding hydrogens is 648 g/mol. The van der Waals surface area contributed by atoms with E-state index in [0.717, 1.165) is 32.3 Å². The summed E-state index contributed by atoms with van der Waals surface area (Å²) in [7, 11) is 1.58. The fourth-order valence-corrected chi connectivity index (χ4v) is 8.95. The number of methoxy groups -OCH3 is 1. The Morgan fingerprint density at radius 3 is 2.58 bits per heavy atom. The van der Waals surface area contributed by atoms with Crippen LogP contribution in [0.2, 0.25) is 0 Å². The molecule has 0 bridgehead atoms. The number of anilines is 1. The highest BCUT2D eigenvalue weighted by Gasteiger charge is 2.42. The average Bonchev–Trinajstić information content (AvgIpc) is 3.56. The number of thiophene rings is 1. The predicted molar refractivity (Wildman–Crippen MR) is 181 cm³/mol. The number of para-hydroxylation sites is 1. The van der Waals surface area contributed by atoms with E-state index >= 15 is 0 Å². The van der Waals surface area contributed by atoms with E-state index in [2.05, 4.69) is 29.8 Å². The third-order valence-electron chi connectivity index (χ3n) is 7.79. The SMILES string of the molecule is CCOC(=O)c1c(NC2=C(Cl)C(c3ccc(OC)cc3)C(C#N)=C(N)O2)sc2c1-c1sc(=S)n(-c3ccccc3)c1CC2(C)C. The number of allylic oxidation sites excluding steroid dienone is 2. The largest absolute Gasteiger partial charge is 0.497 e. The maximum absolute atomic E-state index is 13.8. The molecule has 2 aromatic heterocycles. The first kappa shape index (κ1) is 30.9. The Morgan fingerprint density at radius 2 is 1.93 bits per heavy atom. The maximum Gasteiger partial charge on any atom is 0.341 e. The summed E-state index contributed by atoms with van der Waals surface area (Å²) in [6, 6.07) is 19.4. The molecule has 3 heterocycles. The van der Waals surface area contributed by atoms with Crippen molar-refractivity contribution in [2.45, 2.75) is 38.5 Å². The second-order valence-electron chi connectivity index (χ2n) is 11.1. The summed E-state index contributed by atoms with van der Waals surface area (Å²) in [4.78, 5) is 15.7. The fraction of sp³-hybridized carbons (Fsp3) is 0.242. The number of rotatable bonds is 7. The number of benzene rings is 2. The van der Waals surface area contributed by atoms with Gasteiger partial charge in [0.25, 0.3) is 0 Å². The first-order chi connectivity index (χ1) is 21.6. The molecule has 1 aliphatic carbocycles. The normalized spacial score (nSPS) is 16.8. The Kier molecular flexibility index (Phi) is 8.26. The summed E-state index contributed by atoms with van der Waals surface area (Å²) in [6.07, 6.45) is 0.709.